The summed E-state index contributed by atoms with van der Waals surface area (Å²) in [4.78, 5) is 16.0. The van der Waals surface area contributed by atoms with Crippen molar-refractivity contribution in [1.29, 1.82) is 0 Å². The normalized spacial score (nSPS) is 10.8. The molecule has 3 aromatic rings. The van der Waals surface area contributed by atoms with Gasteiger partial charge in [-0.25, -0.2) is 0 Å². The molecule has 130 valence electrons. The molecule has 0 fully saturated rings. The number of nitrogens with zero attached hydrogens (tertiary/aromatic N) is 1. The van der Waals surface area contributed by atoms with Crippen LogP contribution in [-0.2, 0) is 24.2 Å². The summed E-state index contributed by atoms with van der Waals surface area (Å²) in [5.41, 5.74) is 1.16. The molecule has 3 rings (SSSR count). The average molecular weight is 418 g/mol. The van der Waals surface area contributed by atoms with Crippen molar-refractivity contribution in [2.24, 2.45) is 0 Å². The maximum atomic E-state index is 12.8. The van der Waals surface area contributed by atoms with Crippen LogP contribution in [0.2, 0.25) is 0 Å². The summed E-state index contributed by atoms with van der Waals surface area (Å²) >= 11 is 5.28. The number of carbonyl (C=O) groups is 1. The van der Waals surface area contributed by atoms with Gasteiger partial charge in [0.2, 0.25) is 5.91 Å². The number of benzene rings is 1. The highest BCUT2D eigenvalue weighted by Crippen LogP contribution is 2.19. The standard InChI is InChI=1S/C20H20BrNO2S/c21-19-8-2-1-5-16(19)9-10-20(23)22(15-17-6-3-13-24-17)12-11-18-7-4-14-25-18/h1-8,13-14H,9-12,15H2. The minimum Gasteiger partial charge on any atom is -0.467 e. The second kappa shape index (κ2) is 9.02. The molecule has 5 heteroatoms. The van der Waals surface area contributed by atoms with Crippen LogP contribution in [0.25, 0.3) is 0 Å². The van der Waals surface area contributed by atoms with E-state index in [-0.39, 0.29) is 5.91 Å². The lowest BCUT2D eigenvalue weighted by molar-refractivity contribution is -0.132. The second-order valence-corrected chi connectivity index (χ2v) is 7.70. The number of hydrogen-bond donors (Lipinski definition) is 0. The first-order chi connectivity index (χ1) is 12.2. The van der Waals surface area contributed by atoms with Crippen LogP contribution >= 0.6 is 27.3 Å². The molecule has 0 aliphatic heterocycles. The smallest absolute Gasteiger partial charge is 0.223 e. The zero-order valence-electron chi connectivity index (χ0n) is 13.9. The summed E-state index contributed by atoms with van der Waals surface area (Å²) in [6.07, 6.45) is 3.75. The summed E-state index contributed by atoms with van der Waals surface area (Å²) < 4.78 is 6.49. The van der Waals surface area contributed by atoms with Crippen molar-refractivity contribution >= 4 is 33.2 Å². The molecular formula is C20H20BrNO2S. The number of halogens is 1. The van der Waals surface area contributed by atoms with E-state index in [9.17, 15) is 4.79 Å². The van der Waals surface area contributed by atoms with E-state index in [4.69, 9.17) is 4.42 Å². The lowest BCUT2D eigenvalue weighted by Crippen LogP contribution is -2.32. The van der Waals surface area contributed by atoms with E-state index >= 15 is 0 Å². The maximum Gasteiger partial charge on any atom is 0.223 e. The summed E-state index contributed by atoms with van der Waals surface area (Å²) in [7, 11) is 0. The van der Waals surface area contributed by atoms with Crippen LogP contribution in [0.1, 0.15) is 22.6 Å². The summed E-state index contributed by atoms with van der Waals surface area (Å²) in [6.45, 7) is 1.23. The molecule has 2 aromatic heterocycles. The summed E-state index contributed by atoms with van der Waals surface area (Å²) in [5.74, 6) is 0.976. The average Bonchev–Trinajstić information content (AvgIpc) is 3.31. The van der Waals surface area contributed by atoms with Gasteiger partial charge in [0.15, 0.2) is 0 Å². The molecule has 0 spiro atoms. The molecule has 0 bridgehead atoms. The van der Waals surface area contributed by atoms with Crippen molar-refractivity contribution in [2.75, 3.05) is 6.54 Å². The van der Waals surface area contributed by atoms with Gasteiger partial charge < -0.3 is 9.32 Å². The van der Waals surface area contributed by atoms with E-state index in [2.05, 4.69) is 33.4 Å². The molecule has 0 unspecified atom stereocenters. The van der Waals surface area contributed by atoms with Crippen LogP contribution in [0, 0.1) is 0 Å². The Balaban J connectivity index is 1.62. The van der Waals surface area contributed by atoms with Crippen LogP contribution in [0.5, 0.6) is 0 Å². The Bertz CT molecular complexity index is 784. The third kappa shape index (κ3) is 5.31. The quantitative estimate of drug-likeness (QED) is 0.497. The number of rotatable bonds is 8. The first-order valence-electron chi connectivity index (χ1n) is 8.28. The fraction of sp³-hybridized carbons (Fsp3) is 0.250. The van der Waals surface area contributed by atoms with Gasteiger partial charge in [-0.1, -0.05) is 40.2 Å². The van der Waals surface area contributed by atoms with Gasteiger partial charge in [0, 0.05) is 22.3 Å². The number of aryl methyl sites for hydroxylation is 1. The molecule has 0 saturated heterocycles. The first-order valence-corrected chi connectivity index (χ1v) is 9.95. The van der Waals surface area contributed by atoms with Gasteiger partial charge in [-0.3, -0.25) is 4.79 Å². The largest absolute Gasteiger partial charge is 0.467 e. The predicted molar refractivity (Wildman–Crippen MR) is 105 cm³/mol. The lowest BCUT2D eigenvalue weighted by Gasteiger charge is -2.21. The van der Waals surface area contributed by atoms with Gasteiger partial charge >= 0.3 is 0 Å². The minimum atomic E-state index is 0.156. The Hall–Kier alpha value is -1.85. The Kier molecular flexibility index (Phi) is 6.48. The molecule has 3 nitrogen and oxygen atoms in total. The van der Waals surface area contributed by atoms with E-state index in [1.54, 1.807) is 17.6 Å². The molecule has 25 heavy (non-hydrogen) atoms. The Labute approximate surface area is 160 Å². The lowest BCUT2D eigenvalue weighted by atomic mass is 10.1. The van der Waals surface area contributed by atoms with Gasteiger partial charge in [-0.2, -0.15) is 0 Å². The molecule has 0 atom stereocenters. The number of amides is 1. The summed E-state index contributed by atoms with van der Waals surface area (Å²) in [5, 5.41) is 2.07. The van der Waals surface area contributed by atoms with Gasteiger partial charge in [0.05, 0.1) is 12.8 Å². The molecule has 1 amide bonds. The highest BCUT2D eigenvalue weighted by Gasteiger charge is 2.16. The second-order valence-electron chi connectivity index (χ2n) is 5.82. The maximum absolute atomic E-state index is 12.8. The monoisotopic (exact) mass is 417 g/mol. The van der Waals surface area contributed by atoms with E-state index in [0.717, 1.165) is 28.6 Å². The molecular weight excluding hydrogens is 398 g/mol. The van der Waals surface area contributed by atoms with Gasteiger partial charge in [0.1, 0.15) is 5.76 Å². The first kappa shape index (κ1) is 18.0. The van der Waals surface area contributed by atoms with Crippen LogP contribution in [-0.4, -0.2) is 17.4 Å². The number of carbonyl (C=O) groups excluding carboxylic acids is 1. The molecule has 0 N–H and O–H groups in total. The predicted octanol–water partition coefficient (Wildman–Crippen LogP) is 5.31. The third-order valence-electron chi connectivity index (χ3n) is 4.05. The number of thiophene rings is 1. The minimum absolute atomic E-state index is 0.156. The molecule has 2 heterocycles. The Morgan fingerprint density at radius 2 is 1.96 bits per heavy atom. The number of hydrogen-bond acceptors (Lipinski definition) is 3. The van der Waals surface area contributed by atoms with Crippen molar-refractivity contribution in [1.82, 2.24) is 4.90 Å². The van der Waals surface area contributed by atoms with Crippen LogP contribution < -0.4 is 0 Å². The number of furan rings is 1. The fourth-order valence-electron chi connectivity index (χ4n) is 2.68. The van der Waals surface area contributed by atoms with Crippen molar-refractivity contribution < 1.29 is 9.21 Å². The van der Waals surface area contributed by atoms with E-state index in [1.807, 2.05) is 41.3 Å². The van der Waals surface area contributed by atoms with Crippen LogP contribution in [0.15, 0.2) is 69.1 Å². The van der Waals surface area contributed by atoms with Crippen LogP contribution in [0.4, 0.5) is 0 Å². The van der Waals surface area contributed by atoms with Crippen molar-refractivity contribution in [3.63, 3.8) is 0 Å². The molecule has 0 radical (unpaired) electrons. The zero-order valence-corrected chi connectivity index (χ0v) is 16.3. The zero-order chi connectivity index (χ0) is 17.5. The molecule has 0 aliphatic rings. The highest BCUT2D eigenvalue weighted by molar-refractivity contribution is 9.10. The van der Waals surface area contributed by atoms with Crippen LogP contribution in [0.3, 0.4) is 0 Å². The van der Waals surface area contributed by atoms with E-state index in [1.165, 1.54) is 4.88 Å². The highest BCUT2D eigenvalue weighted by atomic mass is 79.9. The SMILES string of the molecule is O=C(CCc1ccccc1Br)N(CCc1cccs1)Cc1ccco1. The molecule has 0 saturated carbocycles. The van der Waals surface area contributed by atoms with Gasteiger partial charge in [-0.05, 0) is 48.1 Å². The molecule has 1 aromatic carbocycles. The fourth-order valence-corrected chi connectivity index (χ4v) is 3.86. The van der Waals surface area contributed by atoms with Crippen molar-refractivity contribution in [2.45, 2.75) is 25.8 Å². The van der Waals surface area contributed by atoms with Crippen molar-refractivity contribution in [3.05, 3.63) is 80.8 Å². The van der Waals surface area contributed by atoms with Gasteiger partial charge in [-0.15, -0.1) is 11.3 Å². The van der Waals surface area contributed by atoms with Gasteiger partial charge in [0.25, 0.3) is 0 Å². The van der Waals surface area contributed by atoms with Crippen molar-refractivity contribution in [3.8, 4) is 0 Å². The third-order valence-corrected chi connectivity index (χ3v) is 5.76. The summed E-state index contributed by atoms with van der Waals surface area (Å²) in [6, 6.07) is 16.0. The van der Waals surface area contributed by atoms with E-state index < -0.39 is 0 Å². The van der Waals surface area contributed by atoms with E-state index in [0.29, 0.717) is 19.5 Å². The Morgan fingerprint density at radius 3 is 2.68 bits per heavy atom. The Morgan fingerprint density at radius 1 is 1.08 bits per heavy atom. The topological polar surface area (TPSA) is 33.5 Å². The molecule has 0 aliphatic carbocycles.